The van der Waals surface area contributed by atoms with E-state index < -0.39 is 17.8 Å². The van der Waals surface area contributed by atoms with Crippen molar-refractivity contribution >= 4 is 11.9 Å². The normalized spacial score (nSPS) is 23.7. The summed E-state index contributed by atoms with van der Waals surface area (Å²) < 4.78 is 0. The second-order valence-corrected chi connectivity index (χ2v) is 4.88. The molecule has 0 bridgehead atoms. The Hall–Kier alpha value is -1.10. The highest BCUT2D eigenvalue weighted by Crippen LogP contribution is 2.31. The van der Waals surface area contributed by atoms with E-state index in [1.807, 2.05) is 6.92 Å². The summed E-state index contributed by atoms with van der Waals surface area (Å²) in [5.41, 5.74) is 0. The van der Waals surface area contributed by atoms with Crippen molar-refractivity contribution in [3.05, 3.63) is 0 Å². The van der Waals surface area contributed by atoms with Crippen molar-refractivity contribution < 1.29 is 19.8 Å². The first kappa shape index (κ1) is 15.0. The van der Waals surface area contributed by atoms with Crippen LogP contribution in [0.15, 0.2) is 0 Å². The third kappa shape index (κ3) is 3.70. The van der Waals surface area contributed by atoms with Crippen LogP contribution in [0.1, 0.15) is 39.0 Å². The number of carboxylic acid groups (broad SMARTS) is 1. The van der Waals surface area contributed by atoms with Gasteiger partial charge in [-0.3, -0.25) is 9.59 Å². The molecule has 0 radical (unpaired) electrons. The van der Waals surface area contributed by atoms with Crippen molar-refractivity contribution in [1.29, 1.82) is 0 Å². The third-order valence-electron chi connectivity index (χ3n) is 3.58. The number of nitrogens with zero attached hydrogens (tertiary/aromatic N) is 1. The summed E-state index contributed by atoms with van der Waals surface area (Å²) >= 11 is 0. The number of carbonyl (C=O) groups is 2. The minimum absolute atomic E-state index is 0.0732. The molecule has 0 heterocycles. The van der Waals surface area contributed by atoms with Crippen LogP contribution in [-0.2, 0) is 9.59 Å². The van der Waals surface area contributed by atoms with Crippen LogP contribution in [0.5, 0.6) is 0 Å². The zero-order valence-corrected chi connectivity index (χ0v) is 11.0. The Labute approximate surface area is 108 Å². The molecule has 1 saturated carbocycles. The standard InChI is InChI=1S/C13H23NO4/c1-2-7-14(8-9-15)12(16)10-5-3-4-6-11(10)13(17)18/h10-11,15H,2-9H2,1H3,(H,17,18). The number of aliphatic hydroxyl groups excluding tert-OH is 1. The predicted octanol–water partition coefficient (Wildman–Crippen LogP) is 1.11. The topological polar surface area (TPSA) is 77.8 Å². The highest BCUT2D eigenvalue weighted by atomic mass is 16.4. The van der Waals surface area contributed by atoms with Gasteiger partial charge < -0.3 is 15.1 Å². The van der Waals surface area contributed by atoms with Gasteiger partial charge in [0, 0.05) is 13.1 Å². The fraction of sp³-hybridized carbons (Fsp3) is 0.846. The Morgan fingerprint density at radius 3 is 2.28 bits per heavy atom. The fourth-order valence-electron chi connectivity index (χ4n) is 2.68. The quantitative estimate of drug-likeness (QED) is 0.747. The first-order valence-corrected chi connectivity index (χ1v) is 6.74. The van der Waals surface area contributed by atoms with Gasteiger partial charge in [0.1, 0.15) is 0 Å². The van der Waals surface area contributed by atoms with Crippen molar-refractivity contribution in [3.63, 3.8) is 0 Å². The summed E-state index contributed by atoms with van der Waals surface area (Å²) in [5, 5.41) is 18.2. The van der Waals surface area contributed by atoms with Gasteiger partial charge >= 0.3 is 5.97 Å². The molecule has 0 aromatic rings. The summed E-state index contributed by atoms with van der Waals surface area (Å²) in [6, 6.07) is 0. The van der Waals surface area contributed by atoms with Gasteiger partial charge in [0.2, 0.25) is 5.91 Å². The minimum atomic E-state index is -0.867. The van der Waals surface area contributed by atoms with E-state index in [9.17, 15) is 14.7 Å². The van der Waals surface area contributed by atoms with Crippen LogP contribution in [0.4, 0.5) is 0 Å². The molecule has 1 rings (SSSR count). The van der Waals surface area contributed by atoms with Crippen molar-refractivity contribution in [1.82, 2.24) is 4.90 Å². The number of carbonyl (C=O) groups excluding carboxylic acids is 1. The molecule has 1 aliphatic rings. The van der Waals surface area contributed by atoms with Gasteiger partial charge in [0.15, 0.2) is 0 Å². The summed E-state index contributed by atoms with van der Waals surface area (Å²) in [4.78, 5) is 25.1. The van der Waals surface area contributed by atoms with Crippen LogP contribution in [0.3, 0.4) is 0 Å². The molecule has 2 N–H and O–H groups in total. The molecular formula is C13H23NO4. The lowest BCUT2D eigenvalue weighted by Crippen LogP contribution is -2.44. The first-order valence-electron chi connectivity index (χ1n) is 6.74. The van der Waals surface area contributed by atoms with Crippen LogP contribution in [0.25, 0.3) is 0 Å². The second-order valence-electron chi connectivity index (χ2n) is 4.88. The molecule has 0 aliphatic heterocycles. The molecule has 0 saturated heterocycles. The van der Waals surface area contributed by atoms with Crippen molar-refractivity contribution in [2.75, 3.05) is 19.7 Å². The Kier molecular flexibility index (Phi) is 6.12. The number of aliphatic hydroxyl groups is 1. The average molecular weight is 257 g/mol. The van der Waals surface area contributed by atoms with Crippen LogP contribution in [0, 0.1) is 11.8 Å². The van der Waals surface area contributed by atoms with E-state index in [1.165, 1.54) is 0 Å². The molecule has 0 aromatic carbocycles. The number of aliphatic carboxylic acids is 1. The Balaban J connectivity index is 2.73. The summed E-state index contributed by atoms with van der Waals surface area (Å²) in [6.07, 6.45) is 3.86. The van der Waals surface area contributed by atoms with Crippen LogP contribution in [-0.4, -0.2) is 46.7 Å². The van der Waals surface area contributed by atoms with Gasteiger partial charge in [-0.1, -0.05) is 19.8 Å². The van der Waals surface area contributed by atoms with Gasteiger partial charge in [-0.15, -0.1) is 0 Å². The molecule has 0 aromatic heterocycles. The first-order chi connectivity index (χ1) is 8.61. The lowest BCUT2D eigenvalue weighted by Gasteiger charge is -2.32. The number of hydrogen-bond acceptors (Lipinski definition) is 3. The largest absolute Gasteiger partial charge is 0.481 e. The maximum Gasteiger partial charge on any atom is 0.307 e. The SMILES string of the molecule is CCCN(CCO)C(=O)C1CCCCC1C(=O)O. The zero-order chi connectivity index (χ0) is 13.5. The molecule has 1 amide bonds. The van der Waals surface area contributed by atoms with Gasteiger partial charge in [0.05, 0.1) is 18.4 Å². The van der Waals surface area contributed by atoms with E-state index in [0.717, 1.165) is 19.3 Å². The predicted molar refractivity (Wildman–Crippen MR) is 67.0 cm³/mol. The average Bonchev–Trinajstić information content (AvgIpc) is 2.37. The minimum Gasteiger partial charge on any atom is -0.481 e. The van der Waals surface area contributed by atoms with Crippen molar-refractivity contribution in [2.24, 2.45) is 11.8 Å². The highest BCUT2D eigenvalue weighted by Gasteiger charge is 2.37. The van der Waals surface area contributed by atoms with Gasteiger partial charge in [-0.25, -0.2) is 0 Å². The van der Waals surface area contributed by atoms with Crippen molar-refractivity contribution in [3.8, 4) is 0 Å². The summed E-state index contributed by atoms with van der Waals surface area (Å²) in [7, 11) is 0. The lowest BCUT2D eigenvalue weighted by molar-refractivity contribution is -0.152. The van der Waals surface area contributed by atoms with Gasteiger partial charge in [-0.2, -0.15) is 0 Å². The third-order valence-corrected chi connectivity index (χ3v) is 3.58. The highest BCUT2D eigenvalue weighted by molar-refractivity contribution is 5.85. The molecule has 2 unspecified atom stereocenters. The molecule has 0 spiro atoms. The molecule has 5 heteroatoms. The van der Waals surface area contributed by atoms with E-state index in [0.29, 0.717) is 25.9 Å². The fourth-order valence-corrected chi connectivity index (χ4v) is 2.68. The van der Waals surface area contributed by atoms with E-state index in [2.05, 4.69) is 0 Å². The summed E-state index contributed by atoms with van der Waals surface area (Å²) in [6.45, 7) is 2.78. The smallest absolute Gasteiger partial charge is 0.307 e. The monoisotopic (exact) mass is 257 g/mol. The van der Waals surface area contributed by atoms with Crippen LogP contribution in [0.2, 0.25) is 0 Å². The van der Waals surface area contributed by atoms with Crippen LogP contribution < -0.4 is 0 Å². The lowest BCUT2D eigenvalue weighted by atomic mass is 9.78. The number of amides is 1. The molecule has 18 heavy (non-hydrogen) atoms. The van der Waals surface area contributed by atoms with Gasteiger partial charge in [-0.05, 0) is 19.3 Å². The molecule has 1 fully saturated rings. The Bertz CT molecular complexity index is 287. The molecular weight excluding hydrogens is 234 g/mol. The molecule has 1 aliphatic carbocycles. The summed E-state index contributed by atoms with van der Waals surface area (Å²) in [5.74, 6) is -1.93. The van der Waals surface area contributed by atoms with E-state index in [1.54, 1.807) is 4.90 Å². The number of hydrogen-bond donors (Lipinski definition) is 2. The number of rotatable bonds is 6. The number of carboxylic acids is 1. The van der Waals surface area contributed by atoms with Crippen molar-refractivity contribution in [2.45, 2.75) is 39.0 Å². The molecule has 104 valence electrons. The maximum atomic E-state index is 12.3. The maximum absolute atomic E-state index is 12.3. The van der Waals surface area contributed by atoms with E-state index in [4.69, 9.17) is 5.11 Å². The second kappa shape index (κ2) is 7.36. The zero-order valence-electron chi connectivity index (χ0n) is 11.0. The van der Waals surface area contributed by atoms with Crippen LogP contribution >= 0.6 is 0 Å². The van der Waals surface area contributed by atoms with Gasteiger partial charge in [0.25, 0.3) is 0 Å². The molecule has 5 nitrogen and oxygen atoms in total. The van der Waals surface area contributed by atoms with E-state index >= 15 is 0 Å². The molecule has 2 atom stereocenters. The van der Waals surface area contributed by atoms with E-state index in [-0.39, 0.29) is 12.5 Å². The Morgan fingerprint density at radius 2 is 1.78 bits per heavy atom. The Morgan fingerprint density at radius 1 is 1.17 bits per heavy atom.